The molecule has 106 valence electrons. The van der Waals surface area contributed by atoms with Crippen LogP contribution in [0.2, 0.25) is 0 Å². The van der Waals surface area contributed by atoms with Crippen molar-refractivity contribution < 1.29 is 14.6 Å². The Labute approximate surface area is 110 Å². The summed E-state index contributed by atoms with van der Waals surface area (Å²) in [5.74, 6) is 0.485. The Morgan fingerprint density at radius 1 is 1.33 bits per heavy atom. The smallest absolute Gasteiger partial charge is 0.407 e. The summed E-state index contributed by atoms with van der Waals surface area (Å²) in [7, 11) is 0. The summed E-state index contributed by atoms with van der Waals surface area (Å²) in [6, 6.07) is 0.0464. The van der Waals surface area contributed by atoms with E-state index in [4.69, 9.17) is 9.84 Å². The van der Waals surface area contributed by atoms with Crippen LogP contribution in [0.3, 0.4) is 0 Å². The van der Waals surface area contributed by atoms with Crippen LogP contribution in [0.4, 0.5) is 4.79 Å². The highest BCUT2D eigenvalue weighted by atomic mass is 16.6. The molecule has 1 saturated carbocycles. The Hall–Kier alpha value is -0.770. The molecular weight excluding hydrogens is 230 g/mol. The first-order chi connectivity index (χ1) is 8.42. The highest BCUT2D eigenvalue weighted by molar-refractivity contribution is 5.68. The first-order valence-electron chi connectivity index (χ1n) is 7.03. The number of alkyl carbamates (subject to hydrolysis) is 1. The van der Waals surface area contributed by atoms with Gasteiger partial charge >= 0.3 is 6.09 Å². The Morgan fingerprint density at radius 3 is 2.44 bits per heavy atom. The minimum absolute atomic E-state index is 0.0464. The van der Waals surface area contributed by atoms with E-state index in [1.165, 1.54) is 19.3 Å². The van der Waals surface area contributed by atoms with E-state index in [1.54, 1.807) is 0 Å². The van der Waals surface area contributed by atoms with Gasteiger partial charge in [0.15, 0.2) is 0 Å². The number of ether oxygens (including phenoxy) is 1. The molecule has 4 nitrogen and oxygen atoms in total. The van der Waals surface area contributed by atoms with E-state index in [0.29, 0.717) is 12.3 Å². The Balaban J connectivity index is 2.48. The van der Waals surface area contributed by atoms with Crippen LogP contribution in [0, 0.1) is 5.92 Å². The molecule has 2 N–H and O–H groups in total. The van der Waals surface area contributed by atoms with Crippen LogP contribution in [0.15, 0.2) is 0 Å². The normalized spacial score (nSPS) is 19.3. The molecule has 0 aromatic carbocycles. The minimum Gasteiger partial charge on any atom is -0.444 e. The lowest BCUT2D eigenvalue weighted by molar-refractivity contribution is 0.0465. The van der Waals surface area contributed by atoms with Crippen LogP contribution in [-0.4, -0.2) is 29.4 Å². The molecule has 0 spiro atoms. The molecule has 1 aliphatic carbocycles. The van der Waals surface area contributed by atoms with E-state index in [0.717, 1.165) is 12.8 Å². The standard InChI is InChI=1S/C14H27NO3/c1-14(2,3)18-13(17)15-12(9-10-16)11-7-5-4-6-8-11/h11-12,16H,4-10H2,1-3H3,(H,15,17). The largest absolute Gasteiger partial charge is 0.444 e. The molecule has 0 aromatic heterocycles. The summed E-state index contributed by atoms with van der Waals surface area (Å²) in [6.45, 7) is 5.67. The number of carbonyl (C=O) groups is 1. The van der Waals surface area contributed by atoms with Gasteiger partial charge in [0.25, 0.3) is 0 Å². The van der Waals surface area contributed by atoms with Crippen molar-refractivity contribution in [3.8, 4) is 0 Å². The van der Waals surface area contributed by atoms with Crippen molar-refractivity contribution in [3.63, 3.8) is 0 Å². The Bertz CT molecular complexity index is 254. The van der Waals surface area contributed by atoms with E-state index >= 15 is 0 Å². The summed E-state index contributed by atoms with van der Waals surface area (Å²) < 4.78 is 5.27. The number of aliphatic hydroxyl groups is 1. The lowest BCUT2D eigenvalue weighted by atomic mass is 9.83. The second kappa shape index (κ2) is 6.98. The number of rotatable bonds is 4. The number of carbonyl (C=O) groups excluding carboxylic acids is 1. The summed E-state index contributed by atoms with van der Waals surface area (Å²) >= 11 is 0. The average Bonchev–Trinajstić information content (AvgIpc) is 2.27. The first-order valence-corrected chi connectivity index (χ1v) is 7.03. The van der Waals surface area contributed by atoms with Gasteiger partial charge in [-0.2, -0.15) is 0 Å². The van der Waals surface area contributed by atoms with Crippen molar-refractivity contribution >= 4 is 6.09 Å². The Kier molecular flexibility index (Phi) is 5.93. The molecule has 1 aliphatic rings. The van der Waals surface area contributed by atoms with E-state index in [2.05, 4.69) is 5.32 Å². The molecule has 0 aliphatic heterocycles. The zero-order chi connectivity index (χ0) is 13.6. The highest BCUT2D eigenvalue weighted by Crippen LogP contribution is 2.27. The average molecular weight is 257 g/mol. The number of aliphatic hydroxyl groups excluding tert-OH is 1. The maximum absolute atomic E-state index is 11.8. The van der Waals surface area contributed by atoms with Crippen LogP contribution in [0.1, 0.15) is 59.3 Å². The molecule has 1 fully saturated rings. The number of nitrogens with one attached hydrogen (secondary N) is 1. The van der Waals surface area contributed by atoms with Gasteiger partial charge in [0.2, 0.25) is 0 Å². The Morgan fingerprint density at radius 2 is 1.94 bits per heavy atom. The van der Waals surface area contributed by atoms with E-state index in [9.17, 15) is 4.79 Å². The van der Waals surface area contributed by atoms with E-state index < -0.39 is 5.60 Å². The van der Waals surface area contributed by atoms with Gasteiger partial charge in [0, 0.05) is 12.6 Å². The molecule has 0 heterocycles. The lowest BCUT2D eigenvalue weighted by Crippen LogP contribution is -2.44. The molecule has 4 heteroatoms. The third kappa shape index (κ3) is 5.71. The number of hydrogen-bond donors (Lipinski definition) is 2. The molecule has 18 heavy (non-hydrogen) atoms. The second-order valence-corrected chi connectivity index (χ2v) is 6.16. The zero-order valence-electron chi connectivity index (χ0n) is 11.9. The summed E-state index contributed by atoms with van der Waals surface area (Å²) in [4.78, 5) is 11.8. The van der Waals surface area contributed by atoms with Crippen molar-refractivity contribution in [3.05, 3.63) is 0 Å². The van der Waals surface area contributed by atoms with Crippen LogP contribution in [-0.2, 0) is 4.74 Å². The molecular formula is C14H27NO3. The van der Waals surface area contributed by atoms with Gasteiger partial charge in [0.1, 0.15) is 5.60 Å². The molecule has 1 amide bonds. The molecule has 1 atom stereocenters. The number of hydrogen-bond acceptors (Lipinski definition) is 3. The molecule has 0 radical (unpaired) electrons. The van der Waals surface area contributed by atoms with E-state index in [1.807, 2.05) is 20.8 Å². The first kappa shape index (κ1) is 15.3. The monoisotopic (exact) mass is 257 g/mol. The maximum atomic E-state index is 11.8. The van der Waals surface area contributed by atoms with Crippen molar-refractivity contribution in [1.82, 2.24) is 5.32 Å². The van der Waals surface area contributed by atoms with Gasteiger partial charge in [-0.25, -0.2) is 4.79 Å². The quantitative estimate of drug-likeness (QED) is 0.814. The van der Waals surface area contributed by atoms with Crippen LogP contribution < -0.4 is 5.32 Å². The van der Waals surface area contributed by atoms with Gasteiger partial charge in [-0.15, -0.1) is 0 Å². The van der Waals surface area contributed by atoms with Gasteiger partial charge in [-0.05, 0) is 46.0 Å². The number of amides is 1. The highest BCUT2D eigenvalue weighted by Gasteiger charge is 2.26. The van der Waals surface area contributed by atoms with Crippen molar-refractivity contribution in [2.45, 2.75) is 70.9 Å². The van der Waals surface area contributed by atoms with Crippen LogP contribution >= 0.6 is 0 Å². The molecule has 1 rings (SSSR count). The van der Waals surface area contributed by atoms with Crippen molar-refractivity contribution in [1.29, 1.82) is 0 Å². The summed E-state index contributed by atoms with van der Waals surface area (Å²) in [5.41, 5.74) is -0.472. The van der Waals surface area contributed by atoms with Gasteiger partial charge in [-0.1, -0.05) is 19.3 Å². The van der Waals surface area contributed by atoms with Crippen LogP contribution in [0.5, 0.6) is 0 Å². The summed E-state index contributed by atoms with van der Waals surface area (Å²) in [6.07, 6.45) is 6.26. The fraction of sp³-hybridized carbons (Fsp3) is 0.929. The zero-order valence-corrected chi connectivity index (χ0v) is 11.9. The molecule has 1 unspecified atom stereocenters. The topological polar surface area (TPSA) is 58.6 Å². The molecule has 0 saturated heterocycles. The predicted molar refractivity (Wildman–Crippen MR) is 71.4 cm³/mol. The van der Waals surface area contributed by atoms with Gasteiger partial charge in [0.05, 0.1) is 0 Å². The third-order valence-electron chi connectivity index (χ3n) is 3.36. The maximum Gasteiger partial charge on any atom is 0.407 e. The fourth-order valence-electron chi connectivity index (χ4n) is 2.56. The fourth-order valence-corrected chi connectivity index (χ4v) is 2.56. The van der Waals surface area contributed by atoms with Gasteiger partial charge in [-0.3, -0.25) is 0 Å². The van der Waals surface area contributed by atoms with Crippen molar-refractivity contribution in [2.75, 3.05) is 6.61 Å². The van der Waals surface area contributed by atoms with E-state index in [-0.39, 0.29) is 18.7 Å². The molecule has 0 bridgehead atoms. The predicted octanol–water partition coefficient (Wildman–Crippen LogP) is 2.84. The summed E-state index contributed by atoms with van der Waals surface area (Å²) in [5, 5.41) is 12.0. The van der Waals surface area contributed by atoms with Gasteiger partial charge < -0.3 is 15.2 Å². The second-order valence-electron chi connectivity index (χ2n) is 6.16. The molecule has 0 aromatic rings. The minimum atomic E-state index is -0.472. The third-order valence-corrected chi connectivity index (χ3v) is 3.36. The lowest BCUT2D eigenvalue weighted by Gasteiger charge is -2.31. The van der Waals surface area contributed by atoms with Crippen molar-refractivity contribution in [2.24, 2.45) is 5.92 Å². The SMILES string of the molecule is CC(C)(C)OC(=O)NC(CCO)C1CCCCC1. The van der Waals surface area contributed by atoms with Crippen LogP contribution in [0.25, 0.3) is 0 Å².